The number of aromatic nitrogens is 2. The van der Waals surface area contributed by atoms with Gasteiger partial charge in [-0.25, -0.2) is 4.98 Å². The highest BCUT2D eigenvalue weighted by Crippen LogP contribution is 2.23. The average molecular weight is 345 g/mol. The standard InChI is InChI=1S/C21H23N5/c1-2-5-17(6-3-1)15-26-10-9-23-20-11-21(25-14-19(20)16-26)24-13-18-7-4-8-22-12-18/h1-8,11-12,14,23H,9-10,13,15-16H2,(H,24,25). The predicted molar refractivity (Wildman–Crippen MR) is 105 cm³/mol. The first kappa shape index (κ1) is 16.5. The first-order valence-electron chi connectivity index (χ1n) is 8.99. The van der Waals surface area contributed by atoms with Gasteiger partial charge in [0.2, 0.25) is 0 Å². The van der Waals surface area contributed by atoms with Crippen molar-refractivity contribution in [2.45, 2.75) is 19.6 Å². The zero-order chi connectivity index (χ0) is 17.6. The van der Waals surface area contributed by atoms with Crippen LogP contribution in [-0.2, 0) is 19.6 Å². The third-order valence-corrected chi connectivity index (χ3v) is 4.57. The Kier molecular flexibility index (Phi) is 5.07. The zero-order valence-corrected chi connectivity index (χ0v) is 14.7. The van der Waals surface area contributed by atoms with Crippen molar-refractivity contribution in [1.82, 2.24) is 14.9 Å². The summed E-state index contributed by atoms with van der Waals surface area (Å²) in [6.45, 7) is 4.55. The molecule has 0 bridgehead atoms. The van der Waals surface area contributed by atoms with Gasteiger partial charge in [-0.1, -0.05) is 36.4 Å². The molecule has 1 aliphatic heterocycles. The van der Waals surface area contributed by atoms with Gasteiger partial charge in [0, 0.05) is 68.6 Å². The number of benzene rings is 1. The van der Waals surface area contributed by atoms with Gasteiger partial charge in [0.15, 0.2) is 0 Å². The van der Waals surface area contributed by atoms with Crippen molar-refractivity contribution in [3.05, 3.63) is 83.8 Å². The Bertz CT molecular complexity index is 836. The van der Waals surface area contributed by atoms with Gasteiger partial charge in [0.25, 0.3) is 0 Å². The summed E-state index contributed by atoms with van der Waals surface area (Å²) >= 11 is 0. The van der Waals surface area contributed by atoms with E-state index in [0.29, 0.717) is 0 Å². The van der Waals surface area contributed by atoms with Gasteiger partial charge in [-0.2, -0.15) is 0 Å². The maximum Gasteiger partial charge on any atom is 0.128 e. The molecule has 0 saturated heterocycles. The molecule has 3 aromatic rings. The van der Waals surface area contributed by atoms with E-state index in [0.717, 1.165) is 44.1 Å². The molecule has 0 spiro atoms. The summed E-state index contributed by atoms with van der Waals surface area (Å²) < 4.78 is 0. The second-order valence-electron chi connectivity index (χ2n) is 6.56. The SMILES string of the molecule is c1ccc(CN2CCNc3cc(NCc4cccnc4)ncc3C2)cc1. The minimum absolute atomic E-state index is 0.722. The Hall–Kier alpha value is -2.92. The van der Waals surface area contributed by atoms with Crippen LogP contribution in [0.1, 0.15) is 16.7 Å². The molecular weight excluding hydrogens is 322 g/mol. The van der Waals surface area contributed by atoms with E-state index in [1.54, 1.807) is 6.20 Å². The van der Waals surface area contributed by atoms with E-state index in [1.165, 1.54) is 16.8 Å². The monoisotopic (exact) mass is 345 g/mol. The third-order valence-electron chi connectivity index (χ3n) is 4.57. The Morgan fingerprint density at radius 1 is 1.04 bits per heavy atom. The molecule has 4 rings (SSSR count). The number of hydrogen-bond donors (Lipinski definition) is 2. The molecule has 0 radical (unpaired) electrons. The Morgan fingerprint density at radius 3 is 2.77 bits per heavy atom. The largest absolute Gasteiger partial charge is 0.383 e. The normalized spacial score (nSPS) is 14.2. The minimum atomic E-state index is 0.722. The molecule has 132 valence electrons. The van der Waals surface area contributed by atoms with Crippen LogP contribution in [0.3, 0.4) is 0 Å². The van der Waals surface area contributed by atoms with Crippen molar-refractivity contribution in [1.29, 1.82) is 0 Å². The van der Waals surface area contributed by atoms with Gasteiger partial charge < -0.3 is 10.6 Å². The second-order valence-corrected chi connectivity index (χ2v) is 6.56. The van der Waals surface area contributed by atoms with E-state index < -0.39 is 0 Å². The van der Waals surface area contributed by atoms with Crippen LogP contribution in [0, 0.1) is 0 Å². The molecule has 5 nitrogen and oxygen atoms in total. The van der Waals surface area contributed by atoms with Crippen molar-refractivity contribution in [2.24, 2.45) is 0 Å². The molecule has 0 saturated carbocycles. The number of nitrogens with one attached hydrogen (secondary N) is 2. The van der Waals surface area contributed by atoms with Gasteiger partial charge in [-0.15, -0.1) is 0 Å². The molecular formula is C21H23N5. The van der Waals surface area contributed by atoms with E-state index >= 15 is 0 Å². The fraction of sp³-hybridized carbons (Fsp3) is 0.238. The van der Waals surface area contributed by atoms with Crippen LogP contribution < -0.4 is 10.6 Å². The van der Waals surface area contributed by atoms with Gasteiger partial charge in [0.05, 0.1) is 0 Å². The number of nitrogens with zero attached hydrogens (tertiary/aromatic N) is 3. The lowest BCUT2D eigenvalue weighted by molar-refractivity contribution is 0.271. The average Bonchev–Trinajstić information content (AvgIpc) is 2.89. The van der Waals surface area contributed by atoms with Crippen LogP contribution in [-0.4, -0.2) is 28.0 Å². The lowest BCUT2D eigenvalue weighted by Gasteiger charge is -2.19. The van der Waals surface area contributed by atoms with Crippen LogP contribution in [0.25, 0.3) is 0 Å². The molecule has 0 atom stereocenters. The van der Waals surface area contributed by atoms with Gasteiger partial charge in [0.1, 0.15) is 5.82 Å². The lowest BCUT2D eigenvalue weighted by Crippen LogP contribution is -2.25. The molecule has 26 heavy (non-hydrogen) atoms. The summed E-state index contributed by atoms with van der Waals surface area (Å²) in [5, 5.41) is 6.92. The predicted octanol–water partition coefficient (Wildman–Crippen LogP) is 3.52. The van der Waals surface area contributed by atoms with E-state index in [1.807, 2.05) is 18.5 Å². The number of pyridine rings is 2. The van der Waals surface area contributed by atoms with Gasteiger partial charge in [-0.05, 0) is 17.2 Å². The van der Waals surface area contributed by atoms with Crippen molar-refractivity contribution in [3.8, 4) is 0 Å². The topological polar surface area (TPSA) is 53.1 Å². The van der Waals surface area contributed by atoms with Crippen LogP contribution in [0.4, 0.5) is 11.5 Å². The lowest BCUT2D eigenvalue weighted by atomic mass is 10.2. The number of anilines is 2. The van der Waals surface area contributed by atoms with E-state index in [-0.39, 0.29) is 0 Å². The van der Waals surface area contributed by atoms with Gasteiger partial charge in [-0.3, -0.25) is 9.88 Å². The summed E-state index contributed by atoms with van der Waals surface area (Å²) in [4.78, 5) is 11.2. The summed E-state index contributed by atoms with van der Waals surface area (Å²) in [7, 11) is 0. The van der Waals surface area contributed by atoms with Crippen molar-refractivity contribution < 1.29 is 0 Å². The fourth-order valence-corrected chi connectivity index (χ4v) is 3.21. The molecule has 1 aliphatic rings. The van der Waals surface area contributed by atoms with Crippen LogP contribution in [0.15, 0.2) is 67.1 Å². The Morgan fingerprint density at radius 2 is 1.92 bits per heavy atom. The smallest absolute Gasteiger partial charge is 0.128 e. The quantitative estimate of drug-likeness (QED) is 0.741. The summed E-state index contributed by atoms with van der Waals surface area (Å²) in [6.07, 6.45) is 5.64. The van der Waals surface area contributed by atoms with E-state index in [4.69, 9.17) is 0 Å². The van der Waals surface area contributed by atoms with E-state index in [9.17, 15) is 0 Å². The fourth-order valence-electron chi connectivity index (χ4n) is 3.21. The molecule has 5 heteroatoms. The Balaban J connectivity index is 1.42. The maximum absolute atomic E-state index is 4.59. The number of rotatable bonds is 5. The highest BCUT2D eigenvalue weighted by atomic mass is 15.2. The van der Waals surface area contributed by atoms with Crippen molar-refractivity contribution in [2.75, 3.05) is 23.7 Å². The molecule has 0 aliphatic carbocycles. The van der Waals surface area contributed by atoms with Crippen LogP contribution in [0.2, 0.25) is 0 Å². The highest BCUT2D eigenvalue weighted by Gasteiger charge is 2.15. The van der Waals surface area contributed by atoms with Crippen LogP contribution in [0.5, 0.6) is 0 Å². The maximum atomic E-state index is 4.59. The molecule has 1 aromatic carbocycles. The second kappa shape index (κ2) is 7.97. The minimum Gasteiger partial charge on any atom is -0.383 e. The summed E-state index contributed by atoms with van der Waals surface area (Å²) in [6, 6.07) is 16.7. The van der Waals surface area contributed by atoms with Gasteiger partial charge >= 0.3 is 0 Å². The molecule has 0 amide bonds. The number of hydrogen-bond acceptors (Lipinski definition) is 5. The first-order valence-corrected chi connectivity index (χ1v) is 8.99. The summed E-state index contributed by atoms with van der Waals surface area (Å²) in [5.74, 6) is 0.886. The van der Waals surface area contributed by atoms with Crippen LogP contribution >= 0.6 is 0 Å². The Labute approximate surface area is 154 Å². The third kappa shape index (κ3) is 4.18. The number of fused-ring (bicyclic) bond motifs is 1. The summed E-state index contributed by atoms with van der Waals surface area (Å²) in [5.41, 5.74) is 4.90. The highest BCUT2D eigenvalue weighted by molar-refractivity contribution is 5.58. The zero-order valence-electron chi connectivity index (χ0n) is 14.7. The van der Waals surface area contributed by atoms with E-state index in [2.05, 4.69) is 68.0 Å². The first-order chi connectivity index (χ1) is 12.9. The molecule has 0 fully saturated rings. The molecule has 3 heterocycles. The van der Waals surface area contributed by atoms with Crippen molar-refractivity contribution >= 4 is 11.5 Å². The molecule has 0 unspecified atom stereocenters. The molecule has 2 N–H and O–H groups in total. The van der Waals surface area contributed by atoms with Crippen molar-refractivity contribution in [3.63, 3.8) is 0 Å². The molecule has 2 aromatic heterocycles.